The average molecular weight is 465 g/mol. The molecule has 164 valence electrons. The van der Waals surface area contributed by atoms with Crippen molar-refractivity contribution >= 4 is 28.3 Å². The van der Waals surface area contributed by atoms with Gasteiger partial charge >= 0.3 is 5.66 Å². The SMILES string of the molecule is CC1(C(=O)N2C[C@H](S3(=O)=PC(F)(F)c4ccccc43)C[C@H]2C(=O)NC2(C#N)CC2)CC1. The summed E-state index contributed by atoms with van der Waals surface area (Å²) in [6, 6.07) is 7.05. The minimum Gasteiger partial charge on any atom is -0.336 e. The Kier molecular flexibility index (Phi) is 4.36. The highest BCUT2D eigenvalue weighted by atomic mass is 32.5. The van der Waals surface area contributed by atoms with E-state index in [2.05, 4.69) is 11.4 Å². The first-order valence-corrected chi connectivity index (χ1v) is 13.4. The normalized spacial score (nSPS) is 33.5. The molecule has 0 spiro atoms. The molecule has 10 heteroatoms. The minimum atomic E-state index is -3.23. The minimum absolute atomic E-state index is 0.00229. The first kappa shape index (κ1) is 20.8. The van der Waals surface area contributed by atoms with Crippen LogP contribution in [-0.4, -0.2) is 44.3 Å². The maximum Gasteiger partial charge on any atom is 0.321 e. The molecule has 1 unspecified atom stereocenters. The molecule has 2 saturated carbocycles. The number of fused-ring (bicyclic) bond motifs is 1. The van der Waals surface area contributed by atoms with Gasteiger partial charge in [-0.3, -0.25) is 13.8 Å². The molecule has 0 aromatic heterocycles. The number of alkyl halides is 2. The summed E-state index contributed by atoms with van der Waals surface area (Å²) in [6.07, 6.45) is 2.55. The monoisotopic (exact) mass is 465 g/mol. The summed E-state index contributed by atoms with van der Waals surface area (Å²) >= 11 is 0. The number of nitrogens with one attached hydrogen (secondary N) is 1. The van der Waals surface area contributed by atoms with E-state index >= 15 is 0 Å². The van der Waals surface area contributed by atoms with Crippen LogP contribution in [0.2, 0.25) is 0 Å². The van der Waals surface area contributed by atoms with Crippen LogP contribution < -0.4 is 5.32 Å². The summed E-state index contributed by atoms with van der Waals surface area (Å²) in [5.74, 6) is -0.661. The molecule has 1 N–H and O–H groups in total. The van der Waals surface area contributed by atoms with Gasteiger partial charge in [0.05, 0.1) is 11.3 Å². The maximum absolute atomic E-state index is 14.7. The van der Waals surface area contributed by atoms with Crippen LogP contribution in [0.4, 0.5) is 8.78 Å². The number of rotatable bonds is 4. The standard InChI is InChI=1S/C21H22F2N3O3PS/c1-19(6-7-19)18(28)26-11-13(10-15(26)17(27)25-20(12-24)8-9-20)31(29)16-5-3-2-4-14(16)21(22,23)30-31/h2-5,13,15H,6-11H2,1H3,(H,25,27)/t13-,15+,31?/m1/s1. The van der Waals surface area contributed by atoms with E-state index in [4.69, 9.17) is 0 Å². The molecule has 2 aliphatic carbocycles. The zero-order chi connectivity index (χ0) is 22.2. The number of carbonyl (C=O) groups is 2. The van der Waals surface area contributed by atoms with Crippen LogP contribution in [0.15, 0.2) is 29.2 Å². The number of amides is 2. The molecule has 31 heavy (non-hydrogen) atoms. The van der Waals surface area contributed by atoms with Crippen molar-refractivity contribution in [2.75, 3.05) is 6.54 Å². The number of benzene rings is 1. The fourth-order valence-corrected chi connectivity index (χ4v) is 10.4. The predicted molar refractivity (Wildman–Crippen MR) is 111 cm³/mol. The Hall–Kier alpha value is -2.04. The molecule has 6 nitrogen and oxygen atoms in total. The summed E-state index contributed by atoms with van der Waals surface area (Å²) in [5, 5.41) is 11.3. The second-order valence-corrected chi connectivity index (χ2v) is 14.4. The molecule has 0 radical (unpaired) electrons. The van der Waals surface area contributed by atoms with E-state index in [1.807, 2.05) is 6.92 Å². The van der Waals surface area contributed by atoms with Gasteiger partial charge < -0.3 is 10.2 Å². The van der Waals surface area contributed by atoms with Crippen molar-refractivity contribution in [3.05, 3.63) is 29.8 Å². The van der Waals surface area contributed by atoms with Crippen LogP contribution in [0.1, 0.15) is 44.6 Å². The highest BCUT2D eigenvalue weighted by Crippen LogP contribution is 2.55. The van der Waals surface area contributed by atoms with Crippen molar-refractivity contribution in [2.45, 2.75) is 66.4 Å². The van der Waals surface area contributed by atoms with Crippen LogP contribution in [0.3, 0.4) is 0 Å². The lowest BCUT2D eigenvalue weighted by Gasteiger charge is -2.27. The Bertz CT molecular complexity index is 1160. The van der Waals surface area contributed by atoms with E-state index in [-0.39, 0.29) is 29.3 Å². The van der Waals surface area contributed by atoms with Gasteiger partial charge in [-0.2, -0.15) is 14.0 Å². The molecule has 2 amide bonds. The first-order valence-electron chi connectivity index (χ1n) is 10.3. The summed E-state index contributed by atoms with van der Waals surface area (Å²) < 4.78 is 43.3. The lowest BCUT2D eigenvalue weighted by molar-refractivity contribution is -0.142. The number of carbonyl (C=O) groups excluding carboxylic acids is 2. The molecule has 4 aliphatic rings. The number of likely N-dealkylation sites (tertiary alicyclic amines) is 1. The van der Waals surface area contributed by atoms with Crippen LogP contribution in [-0.2, 0) is 24.4 Å². The number of hydrogen-bond donors (Lipinski definition) is 1. The van der Waals surface area contributed by atoms with E-state index in [0.717, 1.165) is 0 Å². The molecule has 1 aromatic carbocycles. The highest BCUT2D eigenvalue weighted by molar-refractivity contribution is 8.26. The smallest absolute Gasteiger partial charge is 0.321 e. The van der Waals surface area contributed by atoms with Crippen LogP contribution in [0.5, 0.6) is 0 Å². The second kappa shape index (κ2) is 6.49. The van der Waals surface area contributed by atoms with E-state index < -0.39 is 50.3 Å². The van der Waals surface area contributed by atoms with Gasteiger partial charge in [-0.15, -0.1) is 0 Å². The van der Waals surface area contributed by atoms with Gasteiger partial charge in [0.15, 0.2) is 0 Å². The van der Waals surface area contributed by atoms with E-state index in [0.29, 0.717) is 25.7 Å². The predicted octanol–water partition coefficient (Wildman–Crippen LogP) is 3.20. The van der Waals surface area contributed by atoms with Gasteiger partial charge in [0.25, 0.3) is 0 Å². The summed E-state index contributed by atoms with van der Waals surface area (Å²) in [6.45, 7) is 1.83. The van der Waals surface area contributed by atoms with E-state index in [9.17, 15) is 27.8 Å². The second-order valence-electron chi connectivity index (χ2n) is 9.27. The Labute approximate surface area is 180 Å². The van der Waals surface area contributed by atoms with Crippen molar-refractivity contribution in [1.29, 1.82) is 5.26 Å². The van der Waals surface area contributed by atoms with Crippen LogP contribution in [0, 0.1) is 16.7 Å². The number of nitriles is 1. The van der Waals surface area contributed by atoms with Gasteiger partial charge in [-0.05, 0) is 38.2 Å². The van der Waals surface area contributed by atoms with Gasteiger partial charge in [0.2, 0.25) is 11.8 Å². The number of hydrogen-bond acceptors (Lipinski definition) is 4. The lowest BCUT2D eigenvalue weighted by Crippen LogP contribution is -2.50. The van der Waals surface area contributed by atoms with Gasteiger partial charge in [0.1, 0.15) is 11.6 Å². The molecular formula is C21H22F2N3O3PS. The number of halogens is 2. The molecule has 2 heterocycles. The first-order chi connectivity index (χ1) is 14.5. The zero-order valence-electron chi connectivity index (χ0n) is 16.9. The third-order valence-corrected chi connectivity index (χ3v) is 12.9. The van der Waals surface area contributed by atoms with E-state index in [1.54, 1.807) is 6.07 Å². The molecular weight excluding hydrogens is 443 g/mol. The summed E-state index contributed by atoms with van der Waals surface area (Å²) in [5.41, 5.74) is -4.92. The quantitative estimate of drug-likeness (QED) is 0.692. The molecule has 1 aromatic rings. The van der Waals surface area contributed by atoms with Crippen LogP contribution >= 0.6 is 7.36 Å². The summed E-state index contributed by atoms with van der Waals surface area (Å²) in [7, 11) is -3.69. The molecule has 3 fully saturated rings. The van der Waals surface area contributed by atoms with Crippen LogP contribution in [0.25, 0.3) is 0 Å². The fraction of sp³-hybridized carbons (Fsp3) is 0.571. The fourth-order valence-electron chi connectivity index (χ4n) is 4.45. The molecule has 5 rings (SSSR count). The largest absolute Gasteiger partial charge is 0.336 e. The Balaban J connectivity index is 1.50. The van der Waals surface area contributed by atoms with Crippen molar-refractivity contribution in [2.24, 2.45) is 5.41 Å². The zero-order valence-corrected chi connectivity index (χ0v) is 18.6. The molecule has 3 atom stereocenters. The van der Waals surface area contributed by atoms with Gasteiger partial charge in [-0.25, -0.2) is 0 Å². The van der Waals surface area contributed by atoms with Crippen molar-refractivity contribution in [3.8, 4) is 6.07 Å². The van der Waals surface area contributed by atoms with E-state index in [1.165, 1.54) is 23.1 Å². The number of nitrogens with zero attached hydrogens (tertiary/aromatic N) is 2. The van der Waals surface area contributed by atoms with Gasteiger partial charge in [0, 0.05) is 38.9 Å². The maximum atomic E-state index is 14.7. The third-order valence-electron chi connectivity index (χ3n) is 6.90. The molecule has 1 saturated heterocycles. The van der Waals surface area contributed by atoms with Crippen molar-refractivity contribution in [1.82, 2.24) is 10.2 Å². The third kappa shape index (κ3) is 3.18. The molecule has 2 aliphatic heterocycles. The summed E-state index contributed by atoms with van der Waals surface area (Å²) in [4.78, 5) is 27.8. The van der Waals surface area contributed by atoms with Crippen molar-refractivity contribution < 1.29 is 22.6 Å². The Morgan fingerprint density at radius 2 is 1.94 bits per heavy atom. The topological polar surface area (TPSA) is 90.3 Å². The van der Waals surface area contributed by atoms with Crippen molar-refractivity contribution in [3.63, 3.8) is 0 Å². The van der Waals surface area contributed by atoms with Gasteiger partial charge in [-0.1, -0.05) is 25.1 Å². The highest BCUT2D eigenvalue weighted by Gasteiger charge is 2.56. The average Bonchev–Trinajstić information content (AvgIpc) is 3.61. The lowest BCUT2D eigenvalue weighted by atomic mass is 10.1. The Morgan fingerprint density at radius 3 is 2.55 bits per heavy atom. The molecule has 0 bridgehead atoms. The Morgan fingerprint density at radius 1 is 1.26 bits per heavy atom.